The molecule has 23 heavy (non-hydrogen) atoms. The summed E-state index contributed by atoms with van der Waals surface area (Å²) >= 11 is 1.37. The molecule has 0 bridgehead atoms. The van der Waals surface area contributed by atoms with Crippen LogP contribution in [0.4, 0.5) is 0 Å². The standard InChI is InChI=1S/C15H31N3O2S2Si/c1-9-18-22(16,19)12-10-17-13(21-12)15(5,6)11-20-23(7,8)14(2,3)4/h10H,9,11H2,1-8H3,(H2,16,18,19). The van der Waals surface area contributed by atoms with Gasteiger partial charge in [-0.15, -0.1) is 11.3 Å². The van der Waals surface area contributed by atoms with Gasteiger partial charge >= 0.3 is 0 Å². The van der Waals surface area contributed by atoms with Crippen molar-refractivity contribution in [2.45, 2.75) is 69.3 Å². The van der Waals surface area contributed by atoms with E-state index in [9.17, 15) is 4.21 Å². The fourth-order valence-corrected chi connectivity index (χ4v) is 5.08. The van der Waals surface area contributed by atoms with E-state index in [1.165, 1.54) is 11.3 Å². The molecule has 0 saturated heterocycles. The second kappa shape index (κ2) is 6.91. The average Bonchev–Trinajstić information content (AvgIpc) is 2.86. The van der Waals surface area contributed by atoms with Crippen LogP contribution in [0.1, 0.15) is 46.6 Å². The zero-order valence-electron chi connectivity index (χ0n) is 15.6. The molecular weight excluding hydrogens is 346 g/mol. The SMILES string of the molecule is CCN=S(N)(=O)c1cnc(C(C)(C)CO[Si](C)(C)C(C)(C)C)s1. The van der Waals surface area contributed by atoms with Gasteiger partial charge in [0.2, 0.25) is 0 Å². The molecule has 1 heterocycles. The minimum atomic E-state index is -2.82. The van der Waals surface area contributed by atoms with Crippen LogP contribution in [0.2, 0.25) is 18.1 Å². The minimum Gasteiger partial charge on any atom is -0.416 e. The lowest BCUT2D eigenvalue weighted by atomic mass is 9.96. The average molecular weight is 378 g/mol. The minimum absolute atomic E-state index is 0.169. The molecule has 0 fully saturated rings. The first-order valence-electron chi connectivity index (χ1n) is 7.84. The third-order valence-electron chi connectivity index (χ3n) is 4.27. The highest BCUT2D eigenvalue weighted by Gasteiger charge is 2.39. The summed E-state index contributed by atoms with van der Waals surface area (Å²) in [4.78, 5) is 4.43. The molecule has 0 aliphatic rings. The summed E-state index contributed by atoms with van der Waals surface area (Å²) in [5.41, 5.74) is -0.250. The Labute approximate surface area is 146 Å². The van der Waals surface area contributed by atoms with E-state index in [1.54, 1.807) is 6.20 Å². The van der Waals surface area contributed by atoms with Crippen LogP contribution in [0.15, 0.2) is 14.8 Å². The van der Waals surface area contributed by atoms with Crippen molar-refractivity contribution in [3.8, 4) is 0 Å². The highest BCUT2D eigenvalue weighted by atomic mass is 32.2. The molecule has 2 N–H and O–H groups in total. The van der Waals surface area contributed by atoms with Crippen LogP contribution in [0.5, 0.6) is 0 Å². The van der Waals surface area contributed by atoms with Crippen LogP contribution in [-0.4, -0.2) is 30.7 Å². The van der Waals surface area contributed by atoms with Gasteiger partial charge < -0.3 is 4.43 Å². The maximum Gasteiger partial charge on any atom is 0.192 e. The number of rotatable bonds is 6. The Hall–Kier alpha value is -0.283. The summed E-state index contributed by atoms with van der Waals surface area (Å²) in [5.74, 6) is 0. The van der Waals surface area contributed by atoms with Crippen molar-refractivity contribution in [2.24, 2.45) is 9.50 Å². The van der Waals surface area contributed by atoms with E-state index < -0.39 is 18.2 Å². The second-order valence-corrected chi connectivity index (χ2v) is 15.9. The predicted octanol–water partition coefficient (Wildman–Crippen LogP) is 4.16. The van der Waals surface area contributed by atoms with Crippen molar-refractivity contribution < 1.29 is 8.63 Å². The molecule has 0 amide bonds. The van der Waals surface area contributed by atoms with Gasteiger partial charge in [0.15, 0.2) is 8.32 Å². The molecular formula is C15H31N3O2S2Si. The number of nitrogens with two attached hydrogens (primary N) is 1. The van der Waals surface area contributed by atoms with Gasteiger partial charge in [0.1, 0.15) is 19.1 Å². The summed E-state index contributed by atoms with van der Waals surface area (Å²) in [6.07, 6.45) is 1.59. The van der Waals surface area contributed by atoms with E-state index in [1.807, 2.05) is 6.92 Å². The normalized spacial score (nSPS) is 16.2. The molecule has 1 aromatic rings. The maximum absolute atomic E-state index is 12.3. The van der Waals surface area contributed by atoms with Gasteiger partial charge in [-0.1, -0.05) is 34.6 Å². The van der Waals surface area contributed by atoms with Crippen molar-refractivity contribution >= 4 is 29.6 Å². The Kier molecular flexibility index (Phi) is 6.24. The smallest absolute Gasteiger partial charge is 0.192 e. The first-order valence-corrected chi connectivity index (χ1v) is 13.1. The van der Waals surface area contributed by atoms with Gasteiger partial charge in [0.25, 0.3) is 0 Å². The van der Waals surface area contributed by atoms with Gasteiger partial charge in [0, 0.05) is 18.6 Å². The van der Waals surface area contributed by atoms with Crippen LogP contribution in [-0.2, 0) is 19.8 Å². The molecule has 1 unspecified atom stereocenters. The Balaban J connectivity index is 2.97. The molecule has 1 aromatic heterocycles. The lowest BCUT2D eigenvalue weighted by molar-refractivity contribution is 0.220. The number of aromatic nitrogens is 1. The summed E-state index contributed by atoms with van der Waals surface area (Å²) < 4.78 is 23.2. The zero-order chi connectivity index (χ0) is 18.1. The highest BCUT2D eigenvalue weighted by Crippen LogP contribution is 2.38. The number of hydrogen-bond donors (Lipinski definition) is 1. The third kappa shape index (κ3) is 5.09. The van der Waals surface area contributed by atoms with Crippen molar-refractivity contribution in [1.29, 1.82) is 0 Å². The van der Waals surface area contributed by atoms with Crippen molar-refractivity contribution in [1.82, 2.24) is 4.98 Å². The molecule has 0 aliphatic heterocycles. The maximum atomic E-state index is 12.3. The Morgan fingerprint density at radius 2 is 1.91 bits per heavy atom. The quantitative estimate of drug-likeness (QED) is 0.756. The second-order valence-electron chi connectivity index (χ2n) is 7.93. The molecule has 0 radical (unpaired) electrons. The van der Waals surface area contributed by atoms with Crippen LogP contribution in [0, 0.1) is 0 Å². The Morgan fingerprint density at radius 3 is 2.39 bits per heavy atom. The largest absolute Gasteiger partial charge is 0.416 e. The monoisotopic (exact) mass is 377 g/mol. The van der Waals surface area contributed by atoms with E-state index in [4.69, 9.17) is 9.56 Å². The Morgan fingerprint density at radius 1 is 1.35 bits per heavy atom. The van der Waals surface area contributed by atoms with Gasteiger partial charge in [0.05, 0.1) is 6.20 Å². The van der Waals surface area contributed by atoms with Gasteiger partial charge in [-0.2, -0.15) is 0 Å². The fraction of sp³-hybridized carbons (Fsp3) is 0.800. The van der Waals surface area contributed by atoms with Crippen LogP contribution in [0.25, 0.3) is 0 Å². The van der Waals surface area contributed by atoms with E-state index in [0.29, 0.717) is 17.4 Å². The van der Waals surface area contributed by atoms with Crippen LogP contribution >= 0.6 is 11.3 Å². The van der Waals surface area contributed by atoms with E-state index in [0.717, 1.165) is 5.01 Å². The predicted molar refractivity (Wildman–Crippen MR) is 102 cm³/mol. The zero-order valence-corrected chi connectivity index (χ0v) is 18.2. The molecule has 134 valence electrons. The van der Waals surface area contributed by atoms with Crippen molar-refractivity contribution in [3.05, 3.63) is 11.2 Å². The fourth-order valence-electron chi connectivity index (χ4n) is 1.60. The van der Waals surface area contributed by atoms with Crippen LogP contribution in [0.3, 0.4) is 0 Å². The Bertz CT molecular complexity index is 654. The van der Waals surface area contributed by atoms with Crippen LogP contribution < -0.4 is 5.14 Å². The molecule has 0 saturated carbocycles. The lowest BCUT2D eigenvalue weighted by Crippen LogP contribution is -2.43. The topological polar surface area (TPSA) is 77.6 Å². The molecule has 0 aliphatic carbocycles. The van der Waals surface area contributed by atoms with Crippen molar-refractivity contribution in [2.75, 3.05) is 13.2 Å². The molecule has 0 aromatic carbocycles. The van der Waals surface area contributed by atoms with Gasteiger partial charge in [-0.25, -0.2) is 18.7 Å². The summed E-state index contributed by atoms with van der Waals surface area (Å²) in [6.45, 7) is 18.2. The molecule has 5 nitrogen and oxygen atoms in total. The molecule has 1 rings (SSSR count). The molecule has 0 spiro atoms. The third-order valence-corrected chi connectivity index (χ3v) is 12.2. The first-order chi connectivity index (χ1) is 10.2. The summed E-state index contributed by atoms with van der Waals surface area (Å²) in [7, 11) is -4.63. The van der Waals surface area contributed by atoms with E-state index in [-0.39, 0.29) is 10.5 Å². The lowest BCUT2D eigenvalue weighted by Gasteiger charge is -2.38. The molecule has 1 atom stereocenters. The summed E-state index contributed by atoms with van der Waals surface area (Å²) in [6, 6.07) is 0. The first kappa shape index (κ1) is 20.8. The van der Waals surface area contributed by atoms with Gasteiger partial charge in [-0.05, 0) is 25.1 Å². The van der Waals surface area contributed by atoms with E-state index in [2.05, 4.69) is 57.1 Å². The highest BCUT2D eigenvalue weighted by molar-refractivity contribution is 7.93. The summed E-state index contributed by atoms with van der Waals surface area (Å²) in [5, 5.41) is 6.87. The van der Waals surface area contributed by atoms with E-state index >= 15 is 0 Å². The number of nitrogens with zero attached hydrogens (tertiary/aromatic N) is 2. The number of hydrogen-bond acceptors (Lipinski definition) is 5. The van der Waals surface area contributed by atoms with Gasteiger partial charge in [-0.3, -0.25) is 0 Å². The van der Waals surface area contributed by atoms with Crippen molar-refractivity contribution in [3.63, 3.8) is 0 Å². The molecule has 8 heteroatoms. The number of thiazole rings is 1.